The molecule has 18 heavy (non-hydrogen) atoms. The molecule has 2 amide bonds. The van der Waals surface area contributed by atoms with Crippen LogP contribution in [0, 0.1) is 0 Å². The third-order valence-electron chi connectivity index (χ3n) is 4.77. The topological polar surface area (TPSA) is 32.3 Å². The number of carbonyl (C=O) groups is 1. The highest BCUT2D eigenvalue weighted by Crippen LogP contribution is 2.41. The smallest absolute Gasteiger partial charge is 0.317 e. The van der Waals surface area contributed by atoms with E-state index in [1.807, 2.05) is 11.9 Å². The molecule has 96 valence electrons. The molecule has 2 aliphatic rings. The second-order valence-electron chi connectivity index (χ2n) is 5.63. The number of amides is 2. The normalized spacial score (nSPS) is 31.7. The highest BCUT2D eigenvalue weighted by Gasteiger charge is 2.45. The third-order valence-corrected chi connectivity index (χ3v) is 4.77. The van der Waals surface area contributed by atoms with Crippen molar-refractivity contribution in [3.63, 3.8) is 0 Å². The minimum atomic E-state index is 0.0857. The first-order chi connectivity index (χ1) is 8.71. The lowest BCUT2D eigenvalue weighted by Crippen LogP contribution is -2.47. The zero-order chi connectivity index (χ0) is 12.6. The lowest BCUT2D eigenvalue weighted by Gasteiger charge is -2.41. The van der Waals surface area contributed by atoms with E-state index in [0.717, 1.165) is 19.4 Å². The largest absolute Gasteiger partial charge is 0.336 e. The van der Waals surface area contributed by atoms with Gasteiger partial charge in [0, 0.05) is 13.6 Å². The van der Waals surface area contributed by atoms with Gasteiger partial charge in [0.05, 0.1) is 5.54 Å². The molecule has 1 aromatic rings. The summed E-state index contributed by atoms with van der Waals surface area (Å²) in [6, 6.07) is 10.8. The van der Waals surface area contributed by atoms with Crippen molar-refractivity contribution in [3.05, 3.63) is 35.9 Å². The van der Waals surface area contributed by atoms with E-state index in [1.165, 1.54) is 18.4 Å². The second-order valence-corrected chi connectivity index (χ2v) is 5.63. The van der Waals surface area contributed by atoms with E-state index in [0.29, 0.717) is 5.92 Å². The highest BCUT2D eigenvalue weighted by molar-refractivity contribution is 5.77. The second kappa shape index (κ2) is 4.30. The molecule has 1 N–H and O–H groups in total. The molecule has 0 aromatic heterocycles. The molecule has 3 rings (SSSR count). The predicted molar refractivity (Wildman–Crippen MR) is 71.5 cm³/mol. The maximum absolute atomic E-state index is 11.6. The number of benzene rings is 1. The summed E-state index contributed by atoms with van der Waals surface area (Å²) in [5.41, 5.74) is 1.54. The number of rotatable bonds is 1. The first kappa shape index (κ1) is 11.6. The van der Waals surface area contributed by atoms with Crippen molar-refractivity contribution in [2.45, 2.75) is 37.1 Å². The van der Waals surface area contributed by atoms with Gasteiger partial charge in [-0.05, 0) is 37.2 Å². The van der Waals surface area contributed by atoms with Crippen LogP contribution in [0.15, 0.2) is 30.3 Å². The van der Waals surface area contributed by atoms with Crippen LogP contribution in [-0.2, 0) is 0 Å². The van der Waals surface area contributed by atoms with Crippen molar-refractivity contribution in [2.24, 2.45) is 0 Å². The number of nitrogens with one attached hydrogen (secondary N) is 1. The van der Waals surface area contributed by atoms with Crippen LogP contribution < -0.4 is 5.32 Å². The molecule has 1 aliphatic carbocycles. The highest BCUT2D eigenvalue weighted by atomic mass is 16.2. The average Bonchev–Trinajstić information content (AvgIpc) is 2.70. The summed E-state index contributed by atoms with van der Waals surface area (Å²) in [4.78, 5) is 13.5. The monoisotopic (exact) mass is 244 g/mol. The van der Waals surface area contributed by atoms with Crippen molar-refractivity contribution in [1.29, 1.82) is 0 Å². The van der Waals surface area contributed by atoms with Gasteiger partial charge in [-0.1, -0.05) is 30.3 Å². The van der Waals surface area contributed by atoms with Crippen LogP contribution in [0.2, 0.25) is 0 Å². The van der Waals surface area contributed by atoms with E-state index >= 15 is 0 Å². The van der Waals surface area contributed by atoms with E-state index < -0.39 is 0 Å². The van der Waals surface area contributed by atoms with E-state index in [-0.39, 0.29) is 11.6 Å². The van der Waals surface area contributed by atoms with Gasteiger partial charge in [-0.2, -0.15) is 0 Å². The van der Waals surface area contributed by atoms with Crippen molar-refractivity contribution in [1.82, 2.24) is 10.2 Å². The Bertz CT molecular complexity index is 435. The number of urea groups is 1. The Kier molecular flexibility index (Phi) is 2.77. The van der Waals surface area contributed by atoms with Gasteiger partial charge < -0.3 is 10.2 Å². The first-order valence-electron chi connectivity index (χ1n) is 6.78. The Morgan fingerprint density at radius 3 is 2.44 bits per heavy atom. The van der Waals surface area contributed by atoms with Gasteiger partial charge in [0.2, 0.25) is 0 Å². The maximum Gasteiger partial charge on any atom is 0.317 e. The fourth-order valence-corrected chi connectivity index (χ4v) is 3.42. The quantitative estimate of drug-likeness (QED) is 0.809. The van der Waals surface area contributed by atoms with E-state index in [1.54, 1.807) is 0 Å². The van der Waals surface area contributed by atoms with E-state index in [2.05, 4.69) is 35.6 Å². The zero-order valence-electron chi connectivity index (χ0n) is 10.9. The summed E-state index contributed by atoms with van der Waals surface area (Å²) in [5, 5.41) is 2.97. The standard InChI is InChI=1S/C15H20N2O/c1-17-14(18)16-11-15(17)9-7-13(8-10-15)12-5-3-2-4-6-12/h2-6,13H,7-11H2,1H3,(H,16,18). The lowest BCUT2D eigenvalue weighted by molar-refractivity contribution is 0.134. The molecule has 0 atom stereocenters. The fourth-order valence-electron chi connectivity index (χ4n) is 3.42. The van der Waals surface area contributed by atoms with Crippen LogP contribution in [0.5, 0.6) is 0 Å². The summed E-state index contributed by atoms with van der Waals surface area (Å²) in [6.07, 6.45) is 4.59. The van der Waals surface area contributed by atoms with Crippen LogP contribution >= 0.6 is 0 Å². The molecule has 3 nitrogen and oxygen atoms in total. The van der Waals surface area contributed by atoms with Gasteiger partial charge in [0.1, 0.15) is 0 Å². The molecule has 3 heteroatoms. The molecular formula is C15H20N2O. The van der Waals surface area contributed by atoms with Gasteiger partial charge in [-0.15, -0.1) is 0 Å². The Morgan fingerprint density at radius 1 is 1.22 bits per heavy atom. The maximum atomic E-state index is 11.6. The number of hydrogen-bond donors (Lipinski definition) is 1. The van der Waals surface area contributed by atoms with Gasteiger partial charge in [-0.3, -0.25) is 0 Å². The molecule has 0 radical (unpaired) electrons. The molecular weight excluding hydrogens is 224 g/mol. The van der Waals surface area contributed by atoms with Crippen LogP contribution in [0.3, 0.4) is 0 Å². The third kappa shape index (κ3) is 1.78. The van der Waals surface area contributed by atoms with Crippen LogP contribution in [0.4, 0.5) is 4.79 Å². The van der Waals surface area contributed by atoms with Gasteiger partial charge >= 0.3 is 6.03 Å². The molecule has 0 unspecified atom stereocenters. The SMILES string of the molecule is CN1C(=O)NCC12CCC(c1ccccc1)CC2. The van der Waals surface area contributed by atoms with Crippen LogP contribution in [-0.4, -0.2) is 30.1 Å². The van der Waals surface area contributed by atoms with Crippen LogP contribution in [0.25, 0.3) is 0 Å². The lowest BCUT2D eigenvalue weighted by atomic mass is 9.74. The number of nitrogens with zero attached hydrogens (tertiary/aromatic N) is 1. The minimum Gasteiger partial charge on any atom is -0.336 e. The molecule has 0 bridgehead atoms. The Hall–Kier alpha value is -1.51. The average molecular weight is 244 g/mol. The molecule has 1 saturated carbocycles. The summed E-state index contributed by atoms with van der Waals surface area (Å²) >= 11 is 0. The minimum absolute atomic E-state index is 0.0857. The van der Waals surface area contributed by atoms with E-state index in [9.17, 15) is 4.79 Å². The molecule has 1 aliphatic heterocycles. The predicted octanol–water partition coefficient (Wildman–Crippen LogP) is 2.74. The summed E-state index contributed by atoms with van der Waals surface area (Å²) < 4.78 is 0. The van der Waals surface area contributed by atoms with Gasteiger partial charge in [0.15, 0.2) is 0 Å². The number of carbonyl (C=O) groups excluding carboxylic acids is 1. The van der Waals surface area contributed by atoms with Crippen molar-refractivity contribution in [3.8, 4) is 0 Å². The van der Waals surface area contributed by atoms with Crippen LogP contribution in [0.1, 0.15) is 37.2 Å². The Balaban J connectivity index is 1.70. The number of likely N-dealkylation sites (N-methyl/N-ethyl adjacent to an activating group) is 1. The number of hydrogen-bond acceptors (Lipinski definition) is 1. The summed E-state index contributed by atoms with van der Waals surface area (Å²) in [5.74, 6) is 0.668. The zero-order valence-corrected chi connectivity index (χ0v) is 10.9. The Morgan fingerprint density at radius 2 is 1.89 bits per heavy atom. The molecule has 2 fully saturated rings. The van der Waals surface area contributed by atoms with E-state index in [4.69, 9.17) is 0 Å². The summed E-state index contributed by atoms with van der Waals surface area (Å²) in [6.45, 7) is 0.823. The first-order valence-corrected chi connectivity index (χ1v) is 6.78. The fraction of sp³-hybridized carbons (Fsp3) is 0.533. The summed E-state index contributed by atoms with van der Waals surface area (Å²) in [7, 11) is 1.94. The Labute approximate surface area is 108 Å². The van der Waals surface area contributed by atoms with Crippen molar-refractivity contribution in [2.75, 3.05) is 13.6 Å². The van der Waals surface area contributed by atoms with Crippen molar-refractivity contribution >= 4 is 6.03 Å². The molecule has 1 heterocycles. The molecule has 1 saturated heterocycles. The van der Waals surface area contributed by atoms with Gasteiger partial charge in [0.25, 0.3) is 0 Å². The van der Waals surface area contributed by atoms with Crippen molar-refractivity contribution < 1.29 is 4.79 Å². The van der Waals surface area contributed by atoms with Gasteiger partial charge in [-0.25, -0.2) is 4.79 Å². The molecule has 1 aromatic carbocycles. The molecule has 1 spiro atoms.